The molecule has 3 rings (SSSR count). The molecular formula is C12H10N2O. The first-order chi connectivity index (χ1) is 7.36. The Bertz CT molecular complexity index is 478. The molecule has 3 aliphatic rings. The molecule has 0 aromatic heterocycles. The lowest BCUT2D eigenvalue weighted by molar-refractivity contribution is -0.122. The van der Waals surface area contributed by atoms with Crippen LogP contribution in [0.4, 0.5) is 0 Å². The highest BCUT2D eigenvalue weighted by molar-refractivity contribution is 5.89. The summed E-state index contributed by atoms with van der Waals surface area (Å²) in [5.74, 6) is -0.112. The maximum atomic E-state index is 11.8. The molecule has 0 radical (unpaired) electrons. The predicted molar refractivity (Wildman–Crippen MR) is 57.3 cm³/mol. The Hall–Kier alpha value is -2.03. The molecule has 0 spiro atoms. The molecule has 2 heterocycles. The zero-order valence-electron chi connectivity index (χ0n) is 8.03. The zero-order chi connectivity index (χ0) is 10.3. The van der Waals surface area contributed by atoms with Crippen molar-refractivity contribution in [3.8, 4) is 0 Å². The summed E-state index contributed by atoms with van der Waals surface area (Å²) in [6.07, 6.45) is 13.4. The van der Waals surface area contributed by atoms with Gasteiger partial charge < -0.3 is 10.6 Å². The van der Waals surface area contributed by atoms with Crippen LogP contribution in [0.5, 0.6) is 0 Å². The number of hydrogen-bond donors (Lipinski definition) is 2. The van der Waals surface area contributed by atoms with Crippen LogP contribution < -0.4 is 10.6 Å². The van der Waals surface area contributed by atoms with Crippen molar-refractivity contribution in [3.05, 3.63) is 59.6 Å². The molecule has 0 aromatic rings. The molecule has 0 fully saturated rings. The van der Waals surface area contributed by atoms with Gasteiger partial charge in [-0.25, -0.2) is 0 Å². The summed E-state index contributed by atoms with van der Waals surface area (Å²) in [6, 6.07) is 0. The number of nitrogens with one attached hydrogen (secondary N) is 2. The van der Waals surface area contributed by atoms with Crippen LogP contribution in [0.25, 0.3) is 0 Å². The Labute approximate surface area is 87.5 Å². The minimum Gasteiger partial charge on any atom is -0.360 e. The van der Waals surface area contributed by atoms with E-state index in [0.717, 1.165) is 17.0 Å². The third kappa shape index (κ3) is 1.16. The van der Waals surface area contributed by atoms with Crippen molar-refractivity contribution in [2.24, 2.45) is 5.92 Å². The van der Waals surface area contributed by atoms with Crippen LogP contribution in [-0.2, 0) is 4.79 Å². The lowest BCUT2D eigenvalue weighted by Crippen LogP contribution is -2.39. The molecule has 0 bridgehead atoms. The first kappa shape index (κ1) is 8.29. The average Bonchev–Trinajstić information content (AvgIpc) is 2.30. The van der Waals surface area contributed by atoms with Crippen LogP contribution in [0.3, 0.4) is 0 Å². The van der Waals surface area contributed by atoms with Crippen molar-refractivity contribution in [2.45, 2.75) is 0 Å². The Morgan fingerprint density at radius 3 is 3.07 bits per heavy atom. The number of dihydropyridines is 1. The molecule has 1 unspecified atom stereocenters. The molecule has 1 amide bonds. The van der Waals surface area contributed by atoms with E-state index in [1.165, 1.54) is 0 Å². The van der Waals surface area contributed by atoms with E-state index in [2.05, 4.69) is 10.6 Å². The summed E-state index contributed by atoms with van der Waals surface area (Å²) in [7, 11) is 0. The van der Waals surface area contributed by atoms with Gasteiger partial charge in [-0.1, -0.05) is 24.3 Å². The van der Waals surface area contributed by atoms with Crippen molar-refractivity contribution >= 4 is 5.91 Å². The van der Waals surface area contributed by atoms with Crippen LogP contribution >= 0.6 is 0 Å². The first-order valence-corrected chi connectivity index (χ1v) is 4.90. The van der Waals surface area contributed by atoms with E-state index in [1.807, 2.05) is 42.7 Å². The molecule has 15 heavy (non-hydrogen) atoms. The third-order valence-corrected chi connectivity index (χ3v) is 2.71. The molecular weight excluding hydrogens is 188 g/mol. The largest absolute Gasteiger partial charge is 0.360 e. The van der Waals surface area contributed by atoms with Crippen LogP contribution in [0, 0.1) is 5.92 Å². The minimum atomic E-state index is -0.152. The maximum absolute atomic E-state index is 11.8. The normalized spacial score (nSPS) is 26.5. The Morgan fingerprint density at radius 1 is 1.20 bits per heavy atom. The fraction of sp³-hybridized carbons (Fsp3) is 0.0833. The second-order valence-corrected chi connectivity index (χ2v) is 3.63. The van der Waals surface area contributed by atoms with Gasteiger partial charge in [0.2, 0.25) is 5.91 Å². The summed E-state index contributed by atoms with van der Waals surface area (Å²) in [5, 5.41) is 6.05. The predicted octanol–water partition coefficient (Wildman–Crippen LogP) is 1.11. The lowest BCUT2D eigenvalue weighted by atomic mass is 9.87. The van der Waals surface area contributed by atoms with Crippen molar-refractivity contribution in [2.75, 3.05) is 0 Å². The van der Waals surface area contributed by atoms with Gasteiger partial charge in [-0.15, -0.1) is 0 Å². The molecule has 1 aliphatic carbocycles. The number of fused-ring (bicyclic) bond motifs is 2. The zero-order valence-corrected chi connectivity index (χ0v) is 8.03. The summed E-state index contributed by atoms with van der Waals surface area (Å²) < 4.78 is 0. The van der Waals surface area contributed by atoms with Crippen LogP contribution in [0.1, 0.15) is 0 Å². The van der Waals surface area contributed by atoms with E-state index in [0.29, 0.717) is 0 Å². The fourth-order valence-corrected chi connectivity index (χ4v) is 2.00. The number of allylic oxidation sites excluding steroid dienone is 5. The number of hydrogen-bond acceptors (Lipinski definition) is 2. The van der Waals surface area contributed by atoms with Crippen LogP contribution in [0.15, 0.2) is 59.6 Å². The van der Waals surface area contributed by atoms with E-state index in [4.69, 9.17) is 0 Å². The van der Waals surface area contributed by atoms with Gasteiger partial charge in [-0.2, -0.15) is 0 Å². The highest BCUT2D eigenvalue weighted by Gasteiger charge is 2.30. The van der Waals surface area contributed by atoms with Gasteiger partial charge in [-0.3, -0.25) is 4.79 Å². The molecule has 74 valence electrons. The monoisotopic (exact) mass is 198 g/mol. The molecule has 0 saturated carbocycles. The van der Waals surface area contributed by atoms with Gasteiger partial charge in [0.05, 0.1) is 17.3 Å². The van der Waals surface area contributed by atoms with E-state index >= 15 is 0 Å². The van der Waals surface area contributed by atoms with Crippen LogP contribution in [0.2, 0.25) is 0 Å². The average molecular weight is 198 g/mol. The SMILES string of the molecule is O=C1NC2=CC=CNC2=C2C=CC=CC12. The minimum absolute atomic E-state index is 0.0395. The highest BCUT2D eigenvalue weighted by atomic mass is 16.2. The van der Waals surface area contributed by atoms with Crippen molar-refractivity contribution in [1.82, 2.24) is 10.6 Å². The van der Waals surface area contributed by atoms with Gasteiger partial charge in [0.1, 0.15) is 0 Å². The molecule has 2 aliphatic heterocycles. The molecule has 2 N–H and O–H groups in total. The summed E-state index contributed by atoms with van der Waals surface area (Å²) >= 11 is 0. The van der Waals surface area contributed by atoms with Gasteiger partial charge in [-0.05, 0) is 17.7 Å². The van der Waals surface area contributed by atoms with Crippen LogP contribution in [-0.4, -0.2) is 5.91 Å². The molecule has 1 atom stereocenters. The summed E-state index contributed by atoms with van der Waals surface area (Å²) in [6.45, 7) is 0. The number of carbonyl (C=O) groups is 1. The molecule has 3 heteroatoms. The quantitative estimate of drug-likeness (QED) is 0.612. The number of carbonyl (C=O) groups excluding carboxylic acids is 1. The second-order valence-electron chi connectivity index (χ2n) is 3.63. The lowest BCUT2D eigenvalue weighted by Gasteiger charge is -2.29. The first-order valence-electron chi connectivity index (χ1n) is 4.90. The Kier molecular flexibility index (Phi) is 1.65. The number of rotatable bonds is 0. The molecule has 3 nitrogen and oxygen atoms in total. The highest BCUT2D eigenvalue weighted by Crippen LogP contribution is 2.29. The summed E-state index contributed by atoms with van der Waals surface area (Å²) in [5.41, 5.74) is 2.90. The van der Waals surface area contributed by atoms with E-state index in [9.17, 15) is 4.79 Å². The standard InChI is InChI=1S/C12H10N2O/c15-12-9-5-2-1-4-8(9)11-10(14-12)6-3-7-13-11/h1-7,9,13H,(H,14,15). The van der Waals surface area contributed by atoms with Gasteiger partial charge in [0, 0.05) is 6.20 Å². The third-order valence-electron chi connectivity index (χ3n) is 2.71. The van der Waals surface area contributed by atoms with Crippen molar-refractivity contribution in [1.29, 1.82) is 0 Å². The maximum Gasteiger partial charge on any atom is 0.235 e. The van der Waals surface area contributed by atoms with Crippen molar-refractivity contribution < 1.29 is 4.79 Å². The topological polar surface area (TPSA) is 41.1 Å². The smallest absolute Gasteiger partial charge is 0.235 e. The van der Waals surface area contributed by atoms with Crippen molar-refractivity contribution in [3.63, 3.8) is 0 Å². The molecule has 0 aromatic carbocycles. The molecule has 0 saturated heterocycles. The summed E-state index contributed by atoms with van der Waals surface area (Å²) in [4.78, 5) is 11.8. The van der Waals surface area contributed by atoms with E-state index in [-0.39, 0.29) is 11.8 Å². The second kappa shape index (κ2) is 2.98. The number of amides is 1. The van der Waals surface area contributed by atoms with E-state index < -0.39 is 0 Å². The Morgan fingerprint density at radius 2 is 2.13 bits per heavy atom. The van der Waals surface area contributed by atoms with Gasteiger partial charge >= 0.3 is 0 Å². The van der Waals surface area contributed by atoms with E-state index in [1.54, 1.807) is 0 Å². The fourth-order valence-electron chi connectivity index (χ4n) is 2.00. The van der Waals surface area contributed by atoms with Gasteiger partial charge in [0.25, 0.3) is 0 Å². The van der Waals surface area contributed by atoms with Gasteiger partial charge in [0.15, 0.2) is 0 Å². The Balaban J connectivity index is 2.18.